The molecule has 96 valence electrons. The van der Waals surface area contributed by atoms with E-state index in [1.54, 1.807) is 18.0 Å². The molecule has 0 amide bonds. The Balaban J connectivity index is 2.23. The second-order valence-electron chi connectivity index (χ2n) is 4.33. The van der Waals surface area contributed by atoms with Crippen molar-refractivity contribution in [2.75, 3.05) is 5.73 Å². The van der Waals surface area contributed by atoms with Gasteiger partial charge in [-0.2, -0.15) is 0 Å². The van der Waals surface area contributed by atoms with E-state index in [1.165, 1.54) is 0 Å². The SMILES string of the molecule is CC(C)Oc1cc(N)cc(Sc2nccn2C)c1. The molecule has 0 unspecified atom stereocenters. The highest BCUT2D eigenvalue weighted by molar-refractivity contribution is 7.99. The van der Waals surface area contributed by atoms with Crippen molar-refractivity contribution in [2.45, 2.75) is 30.0 Å². The molecule has 0 atom stereocenters. The Kier molecular flexibility index (Phi) is 3.81. The summed E-state index contributed by atoms with van der Waals surface area (Å²) in [6.45, 7) is 3.99. The maximum absolute atomic E-state index is 5.88. The van der Waals surface area contributed by atoms with Gasteiger partial charge in [0.2, 0.25) is 0 Å². The number of benzene rings is 1. The summed E-state index contributed by atoms with van der Waals surface area (Å²) >= 11 is 1.57. The van der Waals surface area contributed by atoms with Crippen LogP contribution < -0.4 is 10.5 Å². The van der Waals surface area contributed by atoms with Crippen molar-refractivity contribution in [3.63, 3.8) is 0 Å². The number of nitrogen functional groups attached to an aromatic ring is 1. The van der Waals surface area contributed by atoms with Gasteiger partial charge in [-0.25, -0.2) is 4.98 Å². The van der Waals surface area contributed by atoms with Gasteiger partial charge >= 0.3 is 0 Å². The van der Waals surface area contributed by atoms with Crippen LogP contribution in [-0.4, -0.2) is 15.7 Å². The third kappa shape index (κ3) is 3.20. The molecule has 5 heteroatoms. The van der Waals surface area contributed by atoms with Crippen LogP contribution >= 0.6 is 11.8 Å². The van der Waals surface area contributed by atoms with Gasteiger partial charge in [0, 0.05) is 36.1 Å². The Bertz CT molecular complexity index is 537. The summed E-state index contributed by atoms with van der Waals surface area (Å²) in [6.07, 6.45) is 3.83. The largest absolute Gasteiger partial charge is 0.491 e. The van der Waals surface area contributed by atoms with Crippen LogP contribution in [0, 0.1) is 0 Å². The molecule has 0 spiro atoms. The predicted octanol–water partition coefficient (Wildman–Crippen LogP) is 2.94. The van der Waals surface area contributed by atoms with E-state index in [1.807, 2.05) is 49.9 Å². The molecular formula is C13H17N3OS. The Hall–Kier alpha value is -1.62. The summed E-state index contributed by atoms with van der Waals surface area (Å²) < 4.78 is 7.63. The van der Waals surface area contributed by atoms with E-state index in [0.717, 1.165) is 15.8 Å². The number of ether oxygens (including phenoxy) is 1. The average molecular weight is 263 g/mol. The summed E-state index contributed by atoms with van der Waals surface area (Å²) in [5, 5.41) is 0.927. The molecule has 4 nitrogen and oxygen atoms in total. The zero-order valence-electron chi connectivity index (χ0n) is 10.8. The highest BCUT2D eigenvalue weighted by atomic mass is 32.2. The summed E-state index contributed by atoms with van der Waals surface area (Å²) in [6, 6.07) is 5.74. The van der Waals surface area contributed by atoms with Crippen molar-refractivity contribution in [1.29, 1.82) is 0 Å². The van der Waals surface area contributed by atoms with Gasteiger partial charge in [0.1, 0.15) is 5.75 Å². The molecular weight excluding hydrogens is 246 g/mol. The molecule has 2 N–H and O–H groups in total. The number of imidazole rings is 1. The second kappa shape index (κ2) is 5.35. The number of aryl methyl sites for hydroxylation is 1. The highest BCUT2D eigenvalue weighted by Gasteiger charge is 2.06. The summed E-state index contributed by atoms with van der Waals surface area (Å²) in [7, 11) is 1.97. The molecule has 0 saturated heterocycles. The summed E-state index contributed by atoms with van der Waals surface area (Å²) in [5.41, 5.74) is 6.58. The minimum atomic E-state index is 0.137. The molecule has 0 bridgehead atoms. The van der Waals surface area contributed by atoms with Crippen LogP contribution in [0.4, 0.5) is 5.69 Å². The van der Waals surface area contributed by atoms with Crippen LogP contribution in [0.25, 0.3) is 0 Å². The fourth-order valence-corrected chi connectivity index (χ4v) is 2.45. The van der Waals surface area contributed by atoms with E-state index in [2.05, 4.69) is 4.98 Å². The van der Waals surface area contributed by atoms with Gasteiger partial charge in [-0.1, -0.05) is 11.8 Å². The number of nitrogens with two attached hydrogens (primary N) is 1. The van der Waals surface area contributed by atoms with E-state index in [9.17, 15) is 0 Å². The summed E-state index contributed by atoms with van der Waals surface area (Å²) in [5.74, 6) is 0.793. The first-order chi connectivity index (χ1) is 8.54. The van der Waals surface area contributed by atoms with Gasteiger partial charge in [0.05, 0.1) is 6.10 Å². The monoisotopic (exact) mass is 263 g/mol. The Morgan fingerprint density at radius 3 is 2.72 bits per heavy atom. The number of hydrogen-bond donors (Lipinski definition) is 1. The van der Waals surface area contributed by atoms with Gasteiger partial charge in [-0.05, 0) is 26.0 Å². The average Bonchev–Trinajstić information content (AvgIpc) is 2.62. The molecule has 18 heavy (non-hydrogen) atoms. The van der Waals surface area contributed by atoms with Crippen molar-refractivity contribution in [2.24, 2.45) is 7.05 Å². The lowest BCUT2D eigenvalue weighted by Gasteiger charge is -2.11. The van der Waals surface area contributed by atoms with Gasteiger partial charge < -0.3 is 15.0 Å². The molecule has 2 aromatic rings. The first kappa shape index (κ1) is 12.8. The Morgan fingerprint density at radius 1 is 1.33 bits per heavy atom. The quantitative estimate of drug-likeness (QED) is 0.862. The number of rotatable bonds is 4. The Morgan fingerprint density at radius 2 is 2.11 bits per heavy atom. The van der Waals surface area contributed by atoms with Crippen molar-refractivity contribution in [3.8, 4) is 5.75 Å². The third-order valence-electron chi connectivity index (χ3n) is 2.26. The molecule has 2 rings (SSSR count). The normalized spacial score (nSPS) is 10.9. The van der Waals surface area contributed by atoms with Crippen LogP contribution in [0.15, 0.2) is 40.6 Å². The van der Waals surface area contributed by atoms with Crippen LogP contribution in [-0.2, 0) is 7.05 Å². The molecule has 0 aliphatic heterocycles. The topological polar surface area (TPSA) is 53.1 Å². The smallest absolute Gasteiger partial charge is 0.172 e. The van der Waals surface area contributed by atoms with Crippen molar-refractivity contribution in [3.05, 3.63) is 30.6 Å². The fourth-order valence-electron chi connectivity index (χ4n) is 1.55. The predicted molar refractivity (Wildman–Crippen MR) is 73.9 cm³/mol. The Labute approximate surface area is 111 Å². The van der Waals surface area contributed by atoms with E-state index in [-0.39, 0.29) is 6.10 Å². The number of anilines is 1. The van der Waals surface area contributed by atoms with E-state index >= 15 is 0 Å². The second-order valence-corrected chi connectivity index (χ2v) is 5.37. The van der Waals surface area contributed by atoms with Crippen LogP contribution in [0.5, 0.6) is 5.75 Å². The molecule has 0 saturated carbocycles. The van der Waals surface area contributed by atoms with E-state index < -0.39 is 0 Å². The molecule has 1 aromatic carbocycles. The standard InChI is InChI=1S/C13H17N3OS/c1-9(2)17-11-6-10(14)7-12(8-11)18-13-15-4-5-16(13)3/h4-9H,14H2,1-3H3. The third-order valence-corrected chi connectivity index (χ3v) is 3.31. The molecule has 0 radical (unpaired) electrons. The molecule has 1 aromatic heterocycles. The number of aromatic nitrogens is 2. The highest BCUT2D eigenvalue weighted by Crippen LogP contribution is 2.31. The lowest BCUT2D eigenvalue weighted by atomic mass is 10.3. The zero-order valence-corrected chi connectivity index (χ0v) is 11.6. The minimum Gasteiger partial charge on any atom is -0.491 e. The van der Waals surface area contributed by atoms with Crippen molar-refractivity contribution in [1.82, 2.24) is 9.55 Å². The lowest BCUT2D eigenvalue weighted by molar-refractivity contribution is 0.242. The van der Waals surface area contributed by atoms with E-state index in [4.69, 9.17) is 10.5 Å². The van der Waals surface area contributed by atoms with Crippen LogP contribution in [0.3, 0.4) is 0 Å². The van der Waals surface area contributed by atoms with E-state index in [0.29, 0.717) is 5.69 Å². The van der Waals surface area contributed by atoms with Gasteiger partial charge in [-0.15, -0.1) is 0 Å². The maximum Gasteiger partial charge on any atom is 0.172 e. The maximum atomic E-state index is 5.88. The number of nitrogens with zero attached hydrogens (tertiary/aromatic N) is 2. The number of hydrogen-bond acceptors (Lipinski definition) is 4. The molecule has 0 aliphatic rings. The van der Waals surface area contributed by atoms with Gasteiger partial charge in [-0.3, -0.25) is 0 Å². The minimum absolute atomic E-state index is 0.137. The lowest BCUT2D eigenvalue weighted by Crippen LogP contribution is -2.05. The molecule has 0 aliphatic carbocycles. The van der Waals surface area contributed by atoms with Crippen LogP contribution in [0.2, 0.25) is 0 Å². The fraction of sp³-hybridized carbons (Fsp3) is 0.308. The van der Waals surface area contributed by atoms with Crippen LogP contribution in [0.1, 0.15) is 13.8 Å². The first-order valence-corrected chi connectivity index (χ1v) is 6.58. The van der Waals surface area contributed by atoms with Gasteiger partial charge in [0.25, 0.3) is 0 Å². The van der Waals surface area contributed by atoms with Crippen molar-refractivity contribution >= 4 is 17.4 Å². The zero-order chi connectivity index (χ0) is 13.1. The summed E-state index contributed by atoms with van der Waals surface area (Å²) in [4.78, 5) is 5.30. The molecule has 1 heterocycles. The first-order valence-electron chi connectivity index (χ1n) is 5.77. The van der Waals surface area contributed by atoms with Gasteiger partial charge in [0.15, 0.2) is 5.16 Å². The van der Waals surface area contributed by atoms with Crippen molar-refractivity contribution < 1.29 is 4.74 Å². The molecule has 0 fully saturated rings.